The summed E-state index contributed by atoms with van der Waals surface area (Å²) in [7, 11) is 0. The number of aromatic nitrogens is 2. The van der Waals surface area contributed by atoms with Crippen LogP contribution in [-0.2, 0) is 0 Å². The number of hydrogen-bond acceptors (Lipinski definition) is 3. The van der Waals surface area contributed by atoms with Gasteiger partial charge in [0.2, 0.25) is 0 Å². The highest BCUT2D eigenvalue weighted by atomic mass is 16.1. The number of rotatable bonds is 5. The van der Waals surface area contributed by atoms with Gasteiger partial charge in [-0.25, -0.2) is 4.68 Å². The molecule has 21 heavy (non-hydrogen) atoms. The summed E-state index contributed by atoms with van der Waals surface area (Å²) in [6.45, 7) is 2.49. The van der Waals surface area contributed by atoms with Crippen LogP contribution in [0.2, 0.25) is 0 Å². The van der Waals surface area contributed by atoms with Gasteiger partial charge in [-0.1, -0.05) is 0 Å². The summed E-state index contributed by atoms with van der Waals surface area (Å²) in [5.74, 6) is 0.519. The molecule has 110 valence electrons. The average Bonchev–Trinajstić information content (AvgIpc) is 3.26. The monoisotopic (exact) mass is 284 g/mol. The number of nitrogens with one attached hydrogen (secondary N) is 1. The summed E-state index contributed by atoms with van der Waals surface area (Å²) in [6.07, 6.45) is 4.28. The Labute approximate surface area is 124 Å². The van der Waals surface area contributed by atoms with E-state index < -0.39 is 0 Å². The fourth-order valence-corrected chi connectivity index (χ4v) is 2.33. The largest absolute Gasteiger partial charge is 0.350 e. The number of nitrogens with zero attached hydrogens (tertiary/aromatic N) is 2. The van der Waals surface area contributed by atoms with E-state index in [1.165, 1.54) is 12.8 Å². The zero-order valence-electron chi connectivity index (χ0n) is 12.1. The van der Waals surface area contributed by atoms with E-state index in [1.54, 1.807) is 4.68 Å². The molecule has 3 rings (SSSR count). The van der Waals surface area contributed by atoms with E-state index in [2.05, 4.69) is 10.4 Å². The molecule has 5 heteroatoms. The molecular weight excluding hydrogens is 264 g/mol. The summed E-state index contributed by atoms with van der Waals surface area (Å²) < 4.78 is 1.79. The Morgan fingerprint density at radius 2 is 2.10 bits per heavy atom. The van der Waals surface area contributed by atoms with Gasteiger partial charge in [-0.15, -0.1) is 0 Å². The van der Waals surface area contributed by atoms with E-state index in [1.807, 2.05) is 43.5 Å². The van der Waals surface area contributed by atoms with Gasteiger partial charge < -0.3 is 11.1 Å². The number of hydrogen-bond donors (Lipinski definition) is 2. The first-order valence-electron chi connectivity index (χ1n) is 7.30. The SMILES string of the molecule is Cc1ccn(-c2ccc(C(=O)NCC(N)C3CC3)cc2)n1. The molecule has 1 heterocycles. The van der Waals surface area contributed by atoms with Gasteiger partial charge in [0, 0.05) is 24.3 Å². The predicted octanol–water partition coefficient (Wildman–Crippen LogP) is 1.65. The fourth-order valence-electron chi connectivity index (χ4n) is 2.33. The molecule has 3 N–H and O–H groups in total. The highest BCUT2D eigenvalue weighted by molar-refractivity contribution is 5.94. The first-order valence-corrected chi connectivity index (χ1v) is 7.30. The lowest BCUT2D eigenvalue weighted by Gasteiger charge is -2.11. The molecule has 0 spiro atoms. The molecule has 0 radical (unpaired) electrons. The van der Waals surface area contributed by atoms with Crippen LogP contribution in [0, 0.1) is 12.8 Å². The molecule has 5 nitrogen and oxygen atoms in total. The second kappa shape index (κ2) is 5.69. The maximum absolute atomic E-state index is 12.1. The second-order valence-corrected chi connectivity index (χ2v) is 5.66. The lowest BCUT2D eigenvalue weighted by atomic mass is 10.1. The van der Waals surface area contributed by atoms with E-state index >= 15 is 0 Å². The average molecular weight is 284 g/mol. The van der Waals surface area contributed by atoms with Gasteiger partial charge in [-0.3, -0.25) is 4.79 Å². The van der Waals surface area contributed by atoms with Crippen molar-refractivity contribution in [3.63, 3.8) is 0 Å². The van der Waals surface area contributed by atoms with Crippen LogP contribution in [0.1, 0.15) is 28.9 Å². The van der Waals surface area contributed by atoms with E-state index in [9.17, 15) is 4.79 Å². The van der Waals surface area contributed by atoms with Gasteiger partial charge in [-0.05, 0) is 56.0 Å². The Kier molecular flexibility index (Phi) is 3.75. The van der Waals surface area contributed by atoms with E-state index in [-0.39, 0.29) is 11.9 Å². The molecule has 0 bridgehead atoms. The Morgan fingerprint density at radius 1 is 1.38 bits per heavy atom. The van der Waals surface area contributed by atoms with Crippen LogP contribution in [0.4, 0.5) is 0 Å². The molecule has 1 fully saturated rings. The van der Waals surface area contributed by atoms with E-state index in [0.717, 1.165) is 11.4 Å². The van der Waals surface area contributed by atoms with Crippen LogP contribution in [0.25, 0.3) is 5.69 Å². The predicted molar refractivity (Wildman–Crippen MR) is 81.3 cm³/mol. The minimum absolute atomic E-state index is 0.0747. The van der Waals surface area contributed by atoms with Crippen LogP contribution in [-0.4, -0.2) is 28.3 Å². The Bertz CT molecular complexity index is 628. The molecule has 1 amide bonds. The van der Waals surface area contributed by atoms with Crippen molar-refractivity contribution in [3.8, 4) is 5.69 Å². The van der Waals surface area contributed by atoms with Crippen LogP contribution in [0.3, 0.4) is 0 Å². The van der Waals surface area contributed by atoms with Gasteiger partial charge in [-0.2, -0.15) is 5.10 Å². The van der Waals surface area contributed by atoms with Crippen molar-refractivity contribution in [2.75, 3.05) is 6.54 Å². The molecule has 1 atom stereocenters. The number of amides is 1. The topological polar surface area (TPSA) is 72.9 Å². The first-order chi connectivity index (χ1) is 10.1. The molecule has 2 aromatic rings. The van der Waals surface area contributed by atoms with Crippen molar-refractivity contribution >= 4 is 5.91 Å². The van der Waals surface area contributed by atoms with E-state index in [4.69, 9.17) is 5.73 Å². The zero-order chi connectivity index (χ0) is 14.8. The smallest absolute Gasteiger partial charge is 0.251 e. The third-order valence-electron chi connectivity index (χ3n) is 3.84. The van der Waals surface area contributed by atoms with Gasteiger partial charge in [0.25, 0.3) is 5.91 Å². The molecule has 1 unspecified atom stereocenters. The van der Waals surface area contributed by atoms with Crippen LogP contribution < -0.4 is 11.1 Å². The number of aryl methyl sites for hydroxylation is 1. The third kappa shape index (κ3) is 3.31. The molecule has 1 aromatic carbocycles. The van der Waals surface area contributed by atoms with Crippen molar-refractivity contribution in [3.05, 3.63) is 47.8 Å². The minimum Gasteiger partial charge on any atom is -0.350 e. The van der Waals surface area contributed by atoms with Crippen LogP contribution in [0.15, 0.2) is 36.5 Å². The van der Waals surface area contributed by atoms with Gasteiger partial charge >= 0.3 is 0 Å². The van der Waals surface area contributed by atoms with Crippen LogP contribution >= 0.6 is 0 Å². The van der Waals surface area contributed by atoms with Gasteiger partial charge in [0.15, 0.2) is 0 Å². The molecule has 1 aliphatic rings. The third-order valence-corrected chi connectivity index (χ3v) is 3.84. The Morgan fingerprint density at radius 3 is 2.67 bits per heavy atom. The van der Waals surface area contributed by atoms with Crippen molar-refractivity contribution in [2.45, 2.75) is 25.8 Å². The molecule has 0 saturated heterocycles. The highest BCUT2D eigenvalue weighted by Crippen LogP contribution is 2.31. The summed E-state index contributed by atoms with van der Waals surface area (Å²) in [5.41, 5.74) is 8.53. The first kappa shape index (κ1) is 13.8. The highest BCUT2D eigenvalue weighted by Gasteiger charge is 2.28. The Balaban J connectivity index is 1.61. The number of benzene rings is 1. The normalized spacial score (nSPS) is 15.7. The standard InChI is InChI=1S/C16H20N4O/c1-11-8-9-20(19-11)14-6-4-13(5-7-14)16(21)18-10-15(17)12-2-3-12/h4-9,12,15H,2-3,10,17H2,1H3,(H,18,21). The molecule has 1 aliphatic carbocycles. The summed E-state index contributed by atoms with van der Waals surface area (Å²) >= 11 is 0. The zero-order valence-corrected chi connectivity index (χ0v) is 12.1. The molecule has 1 saturated carbocycles. The van der Waals surface area contributed by atoms with Gasteiger partial charge in [0.05, 0.1) is 11.4 Å². The number of carbonyl (C=O) groups excluding carboxylic acids is 1. The van der Waals surface area contributed by atoms with Crippen molar-refractivity contribution in [1.82, 2.24) is 15.1 Å². The maximum Gasteiger partial charge on any atom is 0.251 e. The van der Waals surface area contributed by atoms with Crippen molar-refractivity contribution in [2.24, 2.45) is 11.7 Å². The molecule has 0 aliphatic heterocycles. The van der Waals surface area contributed by atoms with Crippen molar-refractivity contribution < 1.29 is 4.79 Å². The Hall–Kier alpha value is -2.14. The fraction of sp³-hybridized carbons (Fsp3) is 0.375. The number of nitrogens with two attached hydrogens (primary N) is 1. The molecule has 1 aromatic heterocycles. The van der Waals surface area contributed by atoms with E-state index in [0.29, 0.717) is 18.0 Å². The lowest BCUT2D eigenvalue weighted by molar-refractivity contribution is 0.0950. The minimum atomic E-state index is -0.0747. The second-order valence-electron chi connectivity index (χ2n) is 5.66. The molecular formula is C16H20N4O. The quantitative estimate of drug-likeness (QED) is 0.877. The number of carbonyl (C=O) groups is 1. The van der Waals surface area contributed by atoms with Crippen LogP contribution in [0.5, 0.6) is 0 Å². The summed E-state index contributed by atoms with van der Waals surface area (Å²) in [5, 5.41) is 7.24. The summed E-state index contributed by atoms with van der Waals surface area (Å²) in [4.78, 5) is 12.1. The van der Waals surface area contributed by atoms with Crippen molar-refractivity contribution in [1.29, 1.82) is 0 Å². The van der Waals surface area contributed by atoms with Gasteiger partial charge in [0.1, 0.15) is 0 Å². The lowest BCUT2D eigenvalue weighted by Crippen LogP contribution is -2.38. The maximum atomic E-state index is 12.1. The summed E-state index contributed by atoms with van der Waals surface area (Å²) in [6, 6.07) is 9.43.